The maximum Gasteiger partial charge on any atom is 0.572 e. The summed E-state index contributed by atoms with van der Waals surface area (Å²) in [5.74, 6) is 0. The molecule has 0 aliphatic carbocycles. The summed E-state index contributed by atoms with van der Waals surface area (Å²) in [5, 5.41) is 9.17. The lowest BCUT2D eigenvalue weighted by molar-refractivity contribution is -0.298. The van der Waals surface area contributed by atoms with Crippen LogP contribution >= 0.6 is 0 Å². The van der Waals surface area contributed by atoms with Gasteiger partial charge in [0.2, 0.25) is 0 Å². The normalized spacial score (nSPS) is 12.4. The molecule has 0 aliphatic rings. The second kappa shape index (κ2) is 2.44. The molecule has 0 saturated carbocycles. The Morgan fingerprint density at radius 3 is 2.00 bits per heavy atom. The molecule has 0 amide bonds. The van der Waals surface area contributed by atoms with Crippen molar-refractivity contribution in [2.75, 3.05) is 0 Å². The topological polar surface area (TPSA) is 29.1 Å². The molecule has 0 aliphatic heterocycles. The van der Waals surface area contributed by atoms with Gasteiger partial charge in [0, 0.05) is 0 Å². The van der Waals surface area contributed by atoms with Crippen molar-refractivity contribution in [1.82, 2.24) is 0 Å². The Labute approximate surface area is 43.2 Å². The van der Waals surface area contributed by atoms with Gasteiger partial charge in [-0.3, -0.25) is 5.11 Å². The van der Waals surface area contributed by atoms with Crippen LogP contribution in [0.4, 0.5) is 13.2 Å². The highest BCUT2D eigenvalue weighted by Crippen LogP contribution is 2.15. The van der Waals surface area contributed by atoms with Gasteiger partial charge >= 0.3 is 6.36 Å². The van der Waals surface area contributed by atoms with Crippen molar-refractivity contribution in [3.8, 4) is 0 Å². The molecule has 0 bridgehead atoms. The third-order valence-corrected chi connectivity index (χ3v) is 0.257. The van der Waals surface area contributed by atoms with Crippen LogP contribution in [0.1, 0.15) is 0 Å². The first-order valence-electron chi connectivity index (χ1n) is 1.58. The van der Waals surface area contributed by atoms with E-state index in [0.717, 1.165) is 0 Å². The van der Waals surface area contributed by atoms with Gasteiger partial charge in [-0.1, -0.05) is 0 Å². The van der Waals surface area contributed by atoms with Crippen LogP contribution in [0.3, 0.4) is 0 Å². The van der Waals surface area contributed by atoms with E-state index in [0.29, 0.717) is 0 Å². The average Bonchev–Trinajstić information content (AvgIpc) is 1.59. The Bertz CT molecular complexity index is 85.0. The maximum atomic E-state index is 10.8. The Morgan fingerprint density at radius 1 is 1.38 bits per heavy atom. The summed E-state index contributed by atoms with van der Waals surface area (Å²) < 4.78 is 35.4. The quantitative estimate of drug-likeness (QED) is 0.490. The Morgan fingerprint density at radius 2 is 1.88 bits per heavy atom. The van der Waals surface area contributed by atoms with Crippen molar-refractivity contribution in [1.29, 1.82) is 0 Å². The predicted octanol–water partition coefficient (Wildman–Crippen LogP) is 1.42. The fraction of sp³-hybridized carbons (Fsp3) is 0.333. The van der Waals surface area contributed by atoms with Gasteiger partial charge in [-0.05, 0) is 0 Å². The third kappa shape index (κ3) is 5.13. The molecule has 0 spiro atoms. The van der Waals surface area contributed by atoms with Crippen molar-refractivity contribution in [2.45, 2.75) is 6.36 Å². The molecular formula is C3H2F3O2. The summed E-state index contributed by atoms with van der Waals surface area (Å²) in [6, 6.07) is 0. The molecule has 0 fully saturated rings. The second-order valence-corrected chi connectivity index (χ2v) is 0.836. The Hall–Kier alpha value is -0.870. The van der Waals surface area contributed by atoms with E-state index in [1.54, 1.807) is 0 Å². The summed E-state index contributed by atoms with van der Waals surface area (Å²) >= 11 is 0. The standard InChI is InChI=1S/C3H2F3O2/c4-3(5,6)8-2-1-7/h1-2H/b2-1+. The van der Waals surface area contributed by atoms with Gasteiger partial charge < -0.3 is 4.74 Å². The lowest BCUT2D eigenvalue weighted by Crippen LogP contribution is -2.08. The molecule has 0 heterocycles. The molecule has 0 rings (SSSR count). The van der Waals surface area contributed by atoms with Crippen LogP contribution in [0.25, 0.3) is 0 Å². The Kier molecular flexibility index (Phi) is 2.18. The van der Waals surface area contributed by atoms with Gasteiger partial charge in [0.05, 0.1) is 0 Å². The van der Waals surface area contributed by atoms with Gasteiger partial charge in [-0.2, -0.15) is 0 Å². The highest BCUT2D eigenvalue weighted by atomic mass is 19.4. The van der Waals surface area contributed by atoms with Crippen molar-refractivity contribution < 1.29 is 23.0 Å². The third-order valence-electron chi connectivity index (χ3n) is 0.257. The lowest BCUT2D eigenvalue weighted by Gasteiger charge is -2.00. The molecule has 8 heavy (non-hydrogen) atoms. The van der Waals surface area contributed by atoms with Crippen LogP contribution in [-0.4, -0.2) is 6.36 Å². The van der Waals surface area contributed by atoms with E-state index >= 15 is 0 Å². The van der Waals surface area contributed by atoms with Gasteiger partial charge in [-0.15, -0.1) is 13.2 Å². The van der Waals surface area contributed by atoms with E-state index in [2.05, 4.69) is 4.74 Å². The molecule has 0 N–H and O–H groups in total. The fourth-order valence-corrected chi connectivity index (χ4v) is 0.105. The van der Waals surface area contributed by atoms with E-state index in [1.807, 2.05) is 0 Å². The van der Waals surface area contributed by atoms with Crippen LogP contribution in [0.5, 0.6) is 0 Å². The van der Waals surface area contributed by atoms with Gasteiger partial charge in [0.15, 0.2) is 6.26 Å². The van der Waals surface area contributed by atoms with E-state index in [4.69, 9.17) is 0 Å². The minimum absolute atomic E-state index is 0.0278. The first-order valence-corrected chi connectivity index (χ1v) is 1.58. The van der Waals surface area contributed by atoms with Crippen molar-refractivity contribution in [3.63, 3.8) is 0 Å². The van der Waals surface area contributed by atoms with E-state index in [9.17, 15) is 18.3 Å². The number of halogens is 3. The summed E-state index contributed by atoms with van der Waals surface area (Å²) in [4.78, 5) is 0. The molecule has 0 atom stereocenters. The predicted molar refractivity (Wildman–Crippen MR) is 17.0 cm³/mol. The van der Waals surface area contributed by atoms with Crippen molar-refractivity contribution in [2.24, 2.45) is 0 Å². The molecule has 5 heteroatoms. The van der Waals surface area contributed by atoms with Crippen LogP contribution in [0.2, 0.25) is 0 Å². The van der Waals surface area contributed by atoms with Crippen LogP contribution in [-0.2, 0) is 9.84 Å². The molecule has 0 saturated heterocycles. The number of alkyl halides is 3. The molecule has 0 aromatic carbocycles. The smallest absolute Gasteiger partial charge is 0.410 e. The minimum atomic E-state index is -4.74. The zero-order valence-electron chi connectivity index (χ0n) is 3.61. The highest BCUT2D eigenvalue weighted by Gasteiger charge is 2.28. The number of ether oxygens (including phenoxy) is 1. The molecule has 0 unspecified atom stereocenters. The second-order valence-electron chi connectivity index (χ2n) is 0.836. The van der Waals surface area contributed by atoms with Crippen LogP contribution in [0.15, 0.2) is 12.5 Å². The molecule has 47 valence electrons. The number of hydrogen-bond acceptors (Lipinski definition) is 1. The molecular weight excluding hydrogens is 125 g/mol. The summed E-state index contributed by atoms with van der Waals surface area (Å²) in [7, 11) is 0. The zero-order valence-corrected chi connectivity index (χ0v) is 3.61. The van der Waals surface area contributed by atoms with Gasteiger partial charge in [-0.25, -0.2) is 0 Å². The largest absolute Gasteiger partial charge is 0.572 e. The van der Waals surface area contributed by atoms with Gasteiger partial charge in [0.1, 0.15) is 6.26 Å². The first-order chi connectivity index (χ1) is 3.56. The molecule has 2 nitrogen and oxygen atoms in total. The monoisotopic (exact) mass is 127 g/mol. The Balaban J connectivity index is 3.39. The van der Waals surface area contributed by atoms with E-state index in [-0.39, 0.29) is 12.5 Å². The summed E-state index contributed by atoms with van der Waals surface area (Å²) in [6.07, 6.45) is -4.80. The maximum absolute atomic E-state index is 10.8. The average molecular weight is 127 g/mol. The van der Waals surface area contributed by atoms with Crippen LogP contribution in [0, 0.1) is 0 Å². The summed E-state index contributed by atoms with van der Waals surface area (Å²) in [5.41, 5.74) is 0. The number of rotatable bonds is 1. The number of hydrogen-bond donors (Lipinski definition) is 0. The van der Waals surface area contributed by atoms with Crippen molar-refractivity contribution in [3.05, 3.63) is 12.5 Å². The highest BCUT2D eigenvalue weighted by molar-refractivity contribution is 4.56. The molecule has 1 radical (unpaired) electrons. The van der Waals surface area contributed by atoms with E-state index < -0.39 is 6.36 Å². The van der Waals surface area contributed by atoms with E-state index in [1.165, 1.54) is 0 Å². The summed E-state index contributed by atoms with van der Waals surface area (Å²) in [6.45, 7) is 0. The molecule has 0 aromatic rings. The van der Waals surface area contributed by atoms with Crippen molar-refractivity contribution >= 4 is 0 Å². The minimum Gasteiger partial charge on any atom is -0.410 e. The zero-order chi connectivity index (χ0) is 6.62. The lowest BCUT2D eigenvalue weighted by atomic mass is 11.0. The van der Waals surface area contributed by atoms with Gasteiger partial charge in [0.25, 0.3) is 0 Å². The van der Waals surface area contributed by atoms with Crippen LogP contribution < -0.4 is 0 Å². The fourth-order valence-electron chi connectivity index (χ4n) is 0.105. The molecule has 0 aromatic heterocycles. The first kappa shape index (κ1) is 7.13. The SMILES string of the molecule is [O]/C=C/OC(F)(F)F.